The standard InChI is InChI=1S/C12H11N3O3S2/c1-7-2-4-8(5-3-7)13-10(17)11(18)14-15-9(16)6-20-12(15)19/h2-5H,6H2,1H3,(H,13,17)(H,14,18). The number of carbonyl (C=O) groups is 3. The van der Waals surface area contributed by atoms with Gasteiger partial charge >= 0.3 is 11.8 Å². The number of nitrogens with zero attached hydrogens (tertiary/aromatic N) is 1. The van der Waals surface area contributed by atoms with Gasteiger partial charge in [-0.25, -0.2) is 5.01 Å². The summed E-state index contributed by atoms with van der Waals surface area (Å²) in [4.78, 5) is 34.8. The van der Waals surface area contributed by atoms with Gasteiger partial charge in [-0.3, -0.25) is 19.8 Å². The summed E-state index contributed by atoms with van der Waals surface area (Å²) in [6.45, 7) is 1.91. The molecule has 0 bridgehead atoms. The van der Waals surface area contributed by atoms with Crippen LogP contribution in [0.4, 0.5) is 5.69 Å². The second-order valence-electron chi connectivity index (χ2n) is 4.04. The van der Waals surface area contributed by atoms with Crippen LogP contribution < -0.4 is 10.7 Å². The highest BCUT2D eigenvalue weighted by atomic mass is 32.2. The van der Waals surface area contributed by atoms with E-state index in [9.17, 15) is 14.4 Å². The van der Waals surface area contributed by atoms with Crippen LogP contribution in [0.1, 0.15) is 5.56 Å². The molecule has 1 heterocycles. The van der Waals surface area contributed by atoms with Crippen LogP contribution >= 0.6 is 24.0 Å². The van der Waals surface area contributed by atoms with Crippen LogP contribution in [-0.4, -0.2) is 32.8 Å². The molecule has 0 saturated carbocycles. The van der Waals surface area contributed by atoms with Gasteiger partial charge in [-0.15, -0.1) is 0 Å². The number of rotatable bonds is 2. The number of hydrogen-bond acceptors (Lipinski definition) is 5. The number of aryl methyl sites for hydroxylation is 1. The molecule has 1 saturated heterocycles. The first kappa shape index (κ1) is 14.5. The van der Waals surface area contributed by atoms with Crippen molar-refractivity contribution in [2.24, 2.45) is 0 Å². The van der Waals surface area contributed by atoms with Crippen molar-refractivity contribution in [1.82, 2.24) is 10.4 Å². The lowest BCUT2D eigenvalue weighted by atomic mass is 10.2. The molecule has 2 N–H and O–H groups in total. The van der Waals surface area contributed by atoms with Gasteiger partial charge in [0, 0.05) is 5.69 Å². The van der Waals surface area contributed by atoms with E-state index >= 15 is 0 Å². The summed E-state index contributed by atoms with van der Waals surface area (Å²) in [5, 5.41) is 3.35. The molecular formula is C12H11N3O3S2. The number of anilines is 1. The third-order valence-corrected chi connectivity index (χ3v) is 3.84. The number of nitrogens with one attached hydrogen (secondary N) is 2. The first-order chi connectivity index (χ1) is 9.47. The first-order valence-electron chi connectivity index (χ1n) is 5.66. The summed E-state index contributed by atoms with van der Waals surface area (Å²) in [6.07, 6.45) is 0. The van der Waals surface area contributed by atoms with Gasteiger partial charge in [0.05, 0.1) is 5.75 Å². The zero-order valence-electron chi connectivity index (χ0n) is 10.5. The number of hydrazine groups is 1. The zero-order chi connectivity index (χ0) is 14.7. The molecule has 1 aliphatic heterocycles. The molecule has 0 aliphatic carbocycles. The normalized spacial score (nSPS) is 14.3. The van der Waals surface area contributed by atoms with Gasteiger partial charge in [-0.2, -0.15) is 0 Å². The molecule has 6 nitrogen and oxygen atoms in total. The molecule has 1 aliphatic rings. The second-order valence-corrected chi connectivity index (χ2v) is 5.65. The van der Waals surface area contributed by atoms with E-state index in [0.717, 1.165) is 22.3 Å². The van der Waals surface area contributed by atoms with Crippen LogP contribution in [-0.2, 0) is 14.4 Å². The molecule has 3 amide bonds. The summed E-state index contributed by atoms with van der Waals surface area (Å²) in [6, 6.07) is 6.98. The van der Waals surface area contributed by atoms with Gasteiger partial charge in [0.1, 0.15) is 0 Å². The van der Waals surface area contributed by atoms with E-state index in [-0.39, 0.29) is 16.0 Å². The predicted octanol–water partition coefficient (Wildman–Crippen LogP) is 0.825. The molecule has 0 spiro atoms. The second kappa shape index (κ2) is 6.02. The minimum Gasteiger partial charge on any atom is -0.318 e. The van der Waals surface area contributed by atoms with E-state index in [4.69, 9.17) is 12.2 Å². The molecule has 0 aromatic heterocycles. The van der Waals surface area contributed by atoms with Crippen molar-refractivity contribution in [2.75, 3.05) is 11.1 Å². The maximum Gasteiger partial charge on any atom is 0.328 e. The summed E-state index contributed by atoms with van der Waals surface area (Å²) < 4.78 is 0.228. The lowest BCUT2D eigenvalue weighted by Gasteiger charge is -2.15. The highest BCUT2D eigenvalue weighted by Gasteiger charge is 2.30. The lowest BCUT2D eigenvalue weighted by Crippen LogP contribution is -2.49. The minimum atomic E-state index is -0.941. The topological polar surface area (TPSA) is 78.5 Å². The van der Waals surface area contributed by atoms with E-state index in [2.05, 4.69) is 10.7 Å². The van der Waals surface area contributed by atoms with Crippen LogP contribution in [0.5, 0.6) is 0 Å². The molecule has 0 unspecified atom stereocenters. The van der Waals surface area contributed by atoms with E-state index in [1.807, 2.05) is 19.1 Å². The number of carbonyl (C=O) groups excluding carboxylic acids is 3. The van der Waals surface area contributed by atoms with Crippen LogP contribution in [0.25, 0.3) is 0 Å². The third-order valence-electron chi connectivity index (χ3n) is 2.48. The SMILES string of the molecule is Cc1ccc(NC(=O)C(=O)NN2C(=O)CSC2=S)cc1. The summed E-state index contributed by atoms with van der Waals surface area (Å²) in [5.74, 6) is -1.99. The Morgan fingerprint density at radius 2 is 1.90 bits per heavy atom. The number of benzene rings is 1. The molecule has 2 rings (SSSR count). The Kier molecular flexibility index (Phi) is 4.35. The molecule has 0 atom stereocenters. The maximum atomic E-state index is 11.7. The number of amides is 3. The van der Waals surface area contributed by atoms with Gasteiger partial charge in [0.25, 0.3) is 5.91 Å². The Hall–Kier alpha value is -1.93. The van der Waals surface area contributed by atoms with E-state index in [1.165, 1.54) is 0 Å². The van der Waals surface area contributed by atoms with Gasteiger partial charge in [0.15, 0.2) is 4.32 Å². The summed E-state index contributed by atoms with van der Waals surface area (Å²) in [5.41, 5.74) is 3.72. The highest BCUT2D eigenvalue weighted by molar-refractivity contribution is 8.23. The average molecular weight is 309 g/mol. The Labute approximate surface area is 124 Å². The van der Waals surface area contributed by atoms with Crippen molar-refractivity contribution >= 4 is 51.7 Å². The lowest BCUT2D eigenvalue weighted by molar-refractivity contribution is -0.141. The summed E-state index contributed by atoms with van der Waals surface area (Å²) >= 11 is 6.02. The smallest absolute Gasteiger partial charge is 0.318 e. The Balaban J connectivity index is 1.95. The van der Waals surface area contributed by atoms with Crippen LogP contribution in [0.2, 0.25) is 0 Å². The quantitative estimate of drug-likeness (QED) is 0.625. The third kappa shape index (κ3) is 3.34. The summed E-state index contributed by atoms with van der Waals surface area (Å²) in [7, 11) is 0. The molecule has 1 aromatic carbocycles. The highest BCUT2D eigenvalue weighted by Crippen LogP contribution is 2.16. The molecule has 1 fully saturated rings. The molecule has 0 radical (unpaired) electrons. The largest absolute Gasteiger partial charge is 0.328 e. The average Bonchev–Trinajstić information content (AvgIpc) is 2.73. The van der Waals surface area contributed by atoms with Crippen LogP contribution in [0.15, 0.2) is 24.3 Å². The zero-order valence-corrected chi connectivity index (χ0v) is 12.1. The molecular weight excluding hydrogens is 298 g/mol. The molecule has 104 valence electrons. The van der Waals surface area contributed by atoms with Crippen molar-refractivity contribution in [3.63, 3.8) is 0 Å². The van der Waals surface area contributed by atoms with Crippen molar-refractivity contribution in [1.29, 1.82) is 0 Å². The van der Waals surface area contributed by atoms with Crippen molar-refractivity contribution in [3.8, 4) is 0 Å². The number of thiocarbonyl (C=S) groups is 1. The van der Waals surface area contributed by atoms with Crippen molar-refractivity contribution < 1.29 is 14.4 Å². The van der Waals surface area contributed by atoms with Crippen molar-refractivity contribution in [3.05, 3.63) is 29.8 Å². The van der Waals surface area contributed by atoms with Gasteiger partial charge in [-0.1, -0.05) is 41.7 Å². The van der Waals surface area contributed by atoms with Gasteiger partial charge in [-0.05, 0) is 19.1 Å². The molecule has 8 heteroatoms. The van der Waals surface area contributed by atoms with Gasteiger partial charge < -0.3 is 5.32 Å². The Bertz CT molecular complexity index is 570. The maximum absolute atomic E-state index is 11.7. The predicted molar refractivity (Wildman–Crippen MR) is 79.9 cm³/mol. The first-order valence-corrected chi connectivity index (χ1v) is 7.05. The van der Waals surface area contributed by atoms with E-state index in [0.29, 0.717) is 5.69 Å². The van der Waals surface area contributed by atoms with E-state index in [1.54, 1.807) is 12.1 Å². The monoisotopic (exact) mass is 309 g/mol. The minimum absolute atomic E-state index is 0.165. The van der Waals surface area contributed by atoms with Crippen LogP contribution in [0.3, 0.4) is 0 Å². The molecule has 20 heavy (non-hydrogen) atoms. The van der Waals surface area contributed by atoms with Crippen molar-refractivity contribution in [2.45, 2.75) is 6.92 Å². The fourth-order valence-electron chi connectivity index (χ4n) is 1.44. The Morgan fingerprint density at radius 3 is 2.45 bits per heavy atom. The Morgan fingerprint density at radius 1 is 1.25 bits per heavy atom. The van der Waals surface area contributed by atoms with Gasteiger partial charge in [0.2, 0.25) is 0 Å². The van der Waals surface area contributed by atoms with E-state index < -0.39 is 11.8 Å². The number of hydrogen-bond donors (Lipinski definition) is 2. The molecule has 1 aromatic rings. The fourth-order valence-corrected chi connectivity index (χ4v) is 2.42. The fraction of sp³-hybridized carbons (Fsp3) is 0.167. The van der Waals surface area contributed by atoms with Crippen LogP contribution in [0, 0.1) is 6.92 Å². The number of thioether (sulfide) groups is 1.